The second kappa shape index (κ2) is 8.84. The van der Waals surface area contributed by atoms with Gasteiger partial charge in [-0.25, -0.2) is 4.79 Å². The highest BCUT2D eigenvalue weighted by molar-refractivity contribution is 6.31. The predicted molar refractivity (Wildman–Crippen MR) is 114 cm³/mol. The number of nitrogens with one attached hydrogen (secondary N) is 2. The number of ether oxygens (including phenoxy) is 1. The van der Waals surface area contributed by atoms with Gasteiger partial charge >= 0.3 is 6.03 Å². The van der Waals surface area contributed by atoms with Crippen LogP contribution in [-0.4, -0.2) is 30.5 Å². The Kier molecular flexibility index (Phi) is 6.24. The van der Waals surface area contributed by atoms with Crippen molar-refractivity contribution in [2.24, 2.45) is 0 Å². The molecule has 1 aliphatic heterocycles. The van der Waals surface area contributed by atoms with E-state index in [1.165, 1.54) is 12.0 Å². The van der Waals surface area contributed by atoms with Crippen LogP contribution in [0.15, 0.2) is 72.5 Å². The van der Waals surface area contributed by atoms with Crippen molar-refractivity contribution in [1.29, 1.82) is 0 Å². The molecule has 0 saturated heterocycles. The van der Waals surface area contributed by atoms with Crippen molar-refractivity contribution in [1.82, 2.24) is 10.2 Å². The molecule has 0 aliphatic carbocycles. The number of urea groups is 1. The van der Waals surface area contributed by atoms with Gasteiger partial charge in [-0.15, -0.1) is 6.58 Å². The van der Waals surface area contributed by atoms with E-state index in [4.69, 9.17) is 16.3 Å². The molecule has 0 unspecified atom stereocenters. The Morgan fingerprint density at radius 3 is 2.66 bits per heavy atom. The van der Waals surface area contributed by atoms with Crippen molar-refractivity contribution in [2.45, 2.75) is 13.0 Å². The number of hydrogen-bond donors (Lipinski definition) is 2. The number of carbonyl (C=O) groups is 2. The molecule has 0 bridgehead atoms. The summed E-state index contributed by atoms with van der Waals surface area (Å²) < 4.78 is 5.32. The van der Waals surface area contributed by atoms with Gasteiger partial charge in [-0.2, -0.15) is 0 Å². The van der Waals surface area contributed by atoms with Crippen LogP contribution in [-0.2, 0) is 4.79 Å². The lowest BCUT2D eigenvalue weighted by Crippen LogP contribution is -2.48. The van der Waals surface area contributed by atoms with E-state index >= 15 is 0 Å². The van der Waals surface area contributed by atoms with Gasteiger partial charge in [-0.05, 0) is 30.7 Å². The van der Waals surface area contributed by atoms with Crippen LogP contribution in [0.1, 0.15) is 18.5 Å². The van der Waals surface area contributed by atoms with E-state index in [0.717, 1.165) is 0 Å². The van der Waals surface area contributed by atoms with Crippen molar-refractivity contribution < 1.29 is 14.3 Å². The van der Waals surface area contributed by atoms with Crippen LogP contribution in [0.4, 0.5) is 10.5 Å². The van der Waals surface area contributed by atoms with Gasteiger partial charge in [0, 0.05) is 17.3 Å². The molecule has 7 heteroatoms. The molecule has 1 atom stereocenters. The second-order valence-corrected chi connectivity index (χ2v) is 6.86. The third-order valence-electron chi connectivity index (χ3n) is 4.72. The van der Waals surface area contributed by atoms with Crippen molar-refractivity contribution >= 4 is 29.2 Å². The average molecular weight is 412 g/mol. The number of methoxy groups -OCH3 is 1. The standard InChI is InChI=1S/C22H22ClN3O3/c1-4-13-26-14(2)19(21(27)24-17-11-7-8-12-18(17)29-3)20(25-22(26)28)15-9-5-6-10-16(15)23/h4-12,20H,1,13H2,2-3H3,(H,24,27)(H,25,28)/t20-/m1/s1. The summed E-state index contributed by atoms with van der Waals surface area (Å²) in [6, 6.07) is 13.3. The molecule has 0 fully saturated rings. The highest BCUT2D eigenvalue weighted by atomic mass is 35.5. The normalized spacial score (nSPS) is 16.3. The monoisotopic (exact) mass is 411 g/mol. The number of allylic oxidation sites excluding steroid dienone is 1. The van der Waals surface area contributed by atoms with Crippen LogP contribution in [0.2, 0.25) is 5.02 Å². The largest absolute Gasteiger partial charge is 0.495 e. The van der Waals surface area contributed by atoms with Crippen molar-refractivity contribution in [3.63, 3.8) is 0 Å². The number of hydrogen-bond acceptors (Lipinski definition) is 3. The predicted octanol–water partition coefficient (Wildman–Crippen LogP) is 4.51. The lowest BCUT2D eigenvalue weighted by atomic mass is 9.94. The van der Waals surface area contributed by atoms with E-state index in [1.54, 1.807) is 49.4 Å². The topological polar surface area (TPSA) is 70.7 Å². The van der Waals surface area contributed by atoms with Crippen LogP contribution in [0, 0.1) is 0 Å². The number of para-hydroxylation sites is 2. The molecule has 0 spiro atoms. The van der Waals surface area contributed by atoms with Gasteiger partial charge < -0.3 is 15.4 Å². The zero-order valence-electron chi connectivity index (χ0n) is 16.2. The first-order chi connectivity index (χ1) is 14.0. The molecule has 3 amide bonds. The van der Waals surface area contributed by atoms with Crippen molar-refractivity contribution in [2.75, 3.05) is 19.0 Å². The quantitative estimate of drug-likeness (QED) is 0.687. The van der Waals surface area contributed by atoms with E-state index in [2.05, 4.69) is 17.2 Å². The molecule has 2 aromatic rings. The molecular formula is C22H22ClN3O3. The van der Waals surface area contributed by atoms with Gasteiger partial charge in [0.05, 0.1) is 24.4 Å². The summed E-state index contributed by atoms with van der Waals surface area (Å²) in [5.74, 6) is 0.183. The fraction of sp³-hybridized carbons (Fsp3) is 0.182. The maximum atomic E-state index is 13.3. The summed E-state index contributed by atoms with van der Waals surface area (Å²) in [4.78, 5) is 27.5. The van der Waals surface area contributed by atoms with Gasteiger partial charge in [-0.3, -0.25) is 9.69 Å². The summed E-state index contributed by atoms with van der Waals surface area (Å²) in [7, 11) is 1.54. The number of carbonyl (C=O) groups excluding carboxylic acids is 2. The van der Waals surface area contributed by atoms with E-state index in [1.807, 2.05) is 12.1 Å². The average Bonchev–Trinajstić information content (AvgIpc) is 2.71. The Labute approximate surface area is 174 Å². The van der Waals surface area contributed by atoms with Gasteiger partial charge in [-0.1, -0.05) is 48.0 Å². The van der Waals surface area contributed by atoms with Crippen LogP contribution in [0.5, 0.6) is 5.75 Å². The molecule has 1 heterocycles. The first kappa shape index (κ1) is 20.5. The Morgan fingerprint density at radius 2 is 1.97 bits per heavy atom. The minimum atomic E-state index is -0.688. The number of halogens is 1. The van der Waals surface area contributed by atoms with Gasteiger partial charge in [0.25, 0.3) is 5.91 Å². The van der Waals surface area contributed by atoms with Gasteiger partial charge in [0.1, 0.15) is 5.75 Å². The van der Waals surface area contributed by atoms with Crippen LogP contribution < -0.4 is 15.4 Å². The van der Waals surface area contributed by atoms with E-state index in [0.29, 0.717) is 33.3 Å². The van der Waals surface area contributed by atoms with E-state index in [-0.39, 0.29) is 18.5 Å². The first-order valence-electron chi connectivity index (χ1n) is 9.06. The molecule has 6 nitrogen and oxygen atoms in total. The second-order valence-electron chi connectivity index (χ2n) is 6.46. The third-order valence-corrected chi connectivity index (χ3v) is 5.07. The highest BCUT2D eigenvalue weighted by Crippen LogP contribution is 2.35. The summed E-state index contributed by atoms with van der Waals surface area (Å²) in [5, 5.41) is 6.24. The van der Waals surface area contributed by atoms with E-state index < -0.39 is 6.04 Å². The van der Waals surface area contributed by atoms with Gasteiger partial charge in [0.15, 0.2) is 0 Å². The zero-order valence-corrected chi connectivity index (χ0v) is 17.0. The summed E-state index contributed by atoms with van der Waals surface area (Å²) in [5.41, 5.74) is 2.10. The highest BCUT2D eigenvalue weighted by Gasteiger charge is 2.36. The number of nitrogens with zero attached hydrogens (tertiary/aromatic N) is 1. The summed E-state index contributed by atoms with van der Waals surface area (Å²) in [6.45, 7) is 5.71. The smallest absolute Gasteiger partial charge is 0.322 e. The van der Waals surface area contributed by atoms with Crippen LogP contribution in [0.25, 0.3) is 0 Å². The third kappa shape index (κ3) is 4.12. The lowest BCUT2D eigenvalue weighted by molar-refractivity contribution is -0.113. The maximum Gasteiger partial charge on any atom is 0.322 e. The molecule has 0 aromatic heterocycles. The van der Waals surface area contributed by atoms with Crippen molar-refractivity contribution in [3.05, 3.63) is 83.0 Å². The minimum Gasteiger partial charge on any atom is -0.495 e. The minimum absolute atomic E-state index is 0.276. The fourth-order valence-corrected chi connectivity index (χ4v) is 3.55. The number of anilines is 1. The SMILES string of the molecule is C=CCN1C(=O)N[C@H](c2ccccc2Cl)C(C(=O)Nc2ccccc2OC)=C1C. The Bertz CT molecular complexity index is 987. The molecule has 0 saturated carbocycles. The zero-order chi connectivity index (χ0) is 21.0. The number of rotatable bonds is 6. The Balaban J connectivity index is 2.07. The van der Waals surface area contributed by atoms with E-state index in [9.17, 15) is 9.59 Å². The van der Waals surface area contributed by atoms with Gasteiger partial charge in [0.2, 0.25) is 0 Å². The maximum absolute atomic E-state index is 13.3. The number of amides is 3. The molecule has 1 aliphatic rings. The van der Waals surface area contributed by atoms with Crippen LogP contribution >= 0.6 is 11.6 Å². The van der Waals surface area contributed by atoms with Crippen molar-refractivity contribution in [3.8, 4) is 5.75 Å². The molecule has 29 heavy (non-hydrogen) atoms. The molecular weight excluding hydrogens is 390 g/mol. The fourth-order valence-electron chi connectivity index (χ4n) is 3.30. The van der Waals surface area contributed by atoms with Crippen LogP contribution in [0.3, 0.4) is 0 Å². The molecule has 0 radical (unpaired) electrons. The summed E-state index contributed by atoms with van der Waals surface area (Å²) in [6.07, 6.45) is 1.61. The summed E-state index contributed by atoms with van der Waals surface area (Å²) >= 11 is 6.37. The molecule has 2 aromatic carbocycles. The molecule has 150 valence electrons. The lowest BCUT2D eigenvalue weighted by Gasteiger charge is -2.35. The molecule has 2 N–H and O–H groups in total. The Morgan fingerprint density at radius 1 is 1.28 bits per heavy atom. The Hall–Kier alpha value is -3.25. The number of benzene rings is 2. The molecule has 3 rings (SSSR count). The first-order valence-corrected chi connectivity index (χ1v) is 9.44.